The molecule has 0 amide bonds. The molecule has 2 aromatic rings. The Kier molecular flexibility index (Phi) is 3.85. The van der Waals surface area contributed by atoms with E-state index < -0.39 is 0 Å². The van der Waals surface area contributed by atoms with E-state index in [0.717, 1.165) is 24.8 Å². The van der Waals surface area contributed by atoms with Crippen LogP contribution in [0.5, 0.6) is 0 Å². The van der Waals surface area contributed by atoms with Gasteiger partial charge in [0.15, 0.2) is 5.78 Å². The van der Waals surface area contributed by atoms with Crippen molar-refractivity contribution in [2.24, 2.45) is 5.92 Å². The number of carbonyl (C=O) groups is 1. The number of thiophene rings is 1. The van der Waals surface area contributed by atoms with Crippen molar-refractivity contribution in [3.8, 4) is 0 Å². The van der Waals surface area contributed by atoms with Gasteiger partial charge in [-0.25, -0.2) is 0 Å². The summed E-state index contributed by atoms with van der Waals surface area (Å²) in [5, 5.41) is 0.715. The molecule has 0 radical (unpaired) electrons. The Bertz CT molecular complexity index is 657. The zero-order chi connectivity index (χ0) is 15.0. The predicted molar refractivity (Wildman–Crippen MR) is 89.1 cm³/mol. The van der Waals surface area contributed by atoms with Crippen LogP contribution < -0.4 is 5.73 Å². The van der Waals surface area contributed by atoms with Gasteiger partial charge in [0.1, 0.15) is 0 Å². The molecule has 1 aromatic heterocycles. The average molecular weight is 299 g/mol. The van der Waals surface area contributed by atoms with Crippen molar-refractivity contribution in [1.82, 2.24) is 0 Å². The second kappa shape index (κ2) is 5.64. The minimum atomic E-state index is 0.0119. The summed E-state index contributed by atoms with van der Waals surface area (Å²) in [5.74, 6) is 0.764. The molecule has 1 heterocycles. The number of fused-ring (bicyclic) bond motifs is 1. The van der Waals surface area contributed by atoms with Gasteiger partial charge in [0.2, 0.25) is 0 Å². The summed E-state index contributed by atoms with van der Waals surface area (Å²) in [6.45, 7) is 3.89. The van der Waals surface area contributed by atoms with Crippen LogP contribution in [0.1, 0.15) is 52.5 Å². The Morgan fingerprint density at radius 1 is 1.29 bits per heavy atom. The van der Waals surface area contributed by atoms with Gasteiger partial charge in [-0.3, -0.25) is 4.79 Å². The van der Waals surface area contributed by atoms with Crippen LogP contribution >= 0.6 is 11.3 Å². The minimum absolute atomic E-state index is 0.0119. The van der Waals surface area contributed by atoms with Crippen molar-refractivity contribution < 1.29 is 4.79 Å². The summed E-state index contributed by atoms with van der Waals surface area (Å²) in [6, 6.07) is 10.7. The van der Waals surface area contributed by atoms with Crippen LogP contribution in [0.15, 0.2) is 30.3 Å². The summed E-state index contributed by atoms with van der Waals surface area (Å²) in [6.07, 6.45) is 3.08. The number of nitrogens with two attached hydrogens (primary N) is 1. The zero-order valence-electron chi connectivity index (χ0n) is 12.6. The fourth-order valence-electron chi connectivity index (χ4n) is 3.18. The lowest BCUT2D eigenvalue weighted by Crippen LogP contribution is -2.15. The van der Waals surface area contributed by atoms with Gasteiger partial charge in [-0.2, -0.15) is 0 Å². The Balaban J connectivity index is 1.92. The first-order valence-corrected chi connectivity index (χ1v) is 8.38. The maximum Gasteiger partial charge on any atom is 0.168 e. The van der Waals surface area contributed by atoms with Crippen LogP contribution in [0.3, 0.4) is 0 Å². The van der Waals surface area contributed by atoms with Crippen LogP contribution in [-0.4, -0.2) is 5.78 Å². The number of nitrogen functional groups attached to an aromatic ring is 1. The van der Waals surface area contributed by atoms with Gasteiger partial charge >= 0.3 is 0 Å². The summed E-state index contributed by atoms with van der Waals surface area (Å²) in [5.41, 5.74) is 9.58. The monoisotopic (exact) mass is 299 g/mol. The first kappa shape index (κ1) is 14.3. The average Bonchev–Trinajstić information content (AvgIpc) is 2.82. The number of ketones is 1. The quantitative estimate of drug-likeness (QED) is 0.851. The first-order valence-electron chi connectivity index (χ1n) is 7.57. The number of carbonyl (C=O) groups excluding carboxylic acids is 1. The van der Waals surface area contributed by atoms with E-state index in [4.69, 9.17) is 5.73 Å². The number of anilines is 1. The molecule has 0 saturated heterocycles. The Morgan fingerprint density at radius 3 is 2.67 bits per heavy atom. The molecule has 1 aliphatic rings. The third-order valence-electron chi connectivity index (χ3n) is 4.33. The van der Waals surface area contributed by atoms with Crippen molar-refractivity contribution in [1.29, 1.82) is 0 Å². The molecule has 1 unspecified atom stereocenters. The van der Waals surface area contributed by atoms with Gasteiger partial charge in [0, 0.05) is 10.8 Å². The standard InChI is InChI=1S/C18H21NOS/c1-11(2)17(20)16-14-9-8-13(10-15(14)21-18(16)19)12-6-4-3-5-7-12/h3-7,11,13H,8-10,19H2,1-2H3. The number of hydrogen-bond acceptors (Lipinski definition) is 3. The van der Waals surface area contributed by atoms with Crippen molar-refractivity contribution in [3.63, 3.8) is 0 Å². The number of rotatable bonds is 3. The van der Waals surface area contributed by atoms with Crippen molar-refractivity contribution >= 4 is 22.1 Å². The number of benzene rings is 1. The van der Waals surface area contributed by atoms with E-state index in [-0.39, 0.29) is 11.7 Å². The molecule has 1 atom stereocenters. The van der Waals surface area contributed by atoms with Crippen LogP contribution in [0.2, 0.25) is 0 Å². The van der Waals surface area contributed by atoms with E-state index in [2.05, 4.69) is 30.3 Å². The molecule has 0 aliphatic heterocycles. The highest BCUT2D eigenvalue weighted by Gasteiger charge is 2.29. The normalized spacial score (nSPS) is 17.8. The molecule has 1 aliphatic carbocycles. The van der Waals surface area contributed by atoms with Gasteiger partial charge in [-0.15, -0.1) is 11.3 Å². The second-order valence-electron chi connectivity index (χ2n) is 6.11. The molecule has 2 N–H and O–H groups in total. The molecule has 0 spiro atoms. The lowest BCUT2D eigenvalue weighted by Gasteiger charge is -2.23. The van der Waals surface area contributed by atoms with Gasteiger partial charge in [-0.1, -0.05) is 44.2 Å². The maximum atomic E-state index is 12.4. The molecule has 0 saturated carbocycles. The van der Waals surface area contributed by atoms with E-state index >= 15 is 0 Å². The van der Waals surface area contributed by atoms with E-state index in [1.54, 1.807) is 11.3 Å². The third-order valence-corrected chi connectivity index (χ3v) is 5.42. The molecule has 2 nitrogen and oxygen atoms in total. The molecular formula is C18H21NOS. The number of Topliss-reactive ketones (excluding diaryl/α,β-unsaturated/α-hetero) is 1. The zero-order valence-corrected chi connectivity index (χ0v) is 13.4. The number of hydrogen-bond donors (Lipinski definition) is 1. The first-order chi connectivity index (χ1) is 10.1. The Hall–Kier alpha value is -1.61. The smallest absolute Gasteiger partial charge is 0.168 e. The third kappa shape index (κ3) is 2.62. The highest BCUT2D eigenvalue weighted by Crippen LogP contribution is 2.41. The maximum absolute atomic E-state index is 12.4. The highest BCUT2D eigenvalue weighted by molar-refractivity contribution is 7.16. The molecule has 0 bridgehead atoms. The topological polar surface area (TPSA) is 43.1 Å². The summed E-state index contributed by atoms with van der Waals surface area (Å²) < 4.78 is 0. The van der Waals surface area contributed by atoms with Crippen molar-refractivity contribution in [2.75, 3.05) is 5.73 Å². The lowest BCUT2D eigenvalue weighted by atomic mass is 9.82. The lowest BCUT2D eigenvalue weighted by molar-refractivity contribution is 0.0939. The SMILES string of the molecule is CC(C)C(=O)c1c(N)sc2c1CCC(c1ccccc1)C2. The van der Waals surface area contributed by atoms with Crippen LogP contribution in [0.4, 0.5) is 5.00 Å². The predicted octanol–water partition coefficient (Wildman–Crippen LogP) is 4.44. The Labute approximate surface area is 130 Å². The summed E-state index contributed by atoms with van der Waals surface area (Å²) >= 11 is 1.62. The van der Waals surface area contributed by atoms with E-state index in [9.17, 15) is 4.79 Å². The fourth-order valence-corrected chi connectivity index (χ4v) is 4.38. The van der Waals surface area contributed by atoms with Crippen LogP contribution in [0.25, 0.3) is 0 Å². The van der Waals surface area contributed by atoms with Crippen LogP contribution in [-0.2, 0) is 12.8 Å². The molecule has 0 fully saturated rings. The minimum Gasteiger partial charge on any atom is -0.390 e. The molecule has 21 heavy (non-hydrogen) atoms. The molecule has 3 rings (SSSR count). The van der Waals surface area contributed by atoms with Gasteiger partial charge in [0.25, 0.3) is 0 Å². The largest absolute Gasteiger partial charge is 0.390 e. The van der Waals surface area contributed by atoms with E-state index in [0.29, 0.717) is 10.9 Å². The van der Waals surface area contributed by atoms with Crippen molar-refractivity contribution in [3.05, 3.63) is 51.9 Å². The Morgan fingerprint density at radius 2 is 2.00 bits per heavy atom. The van der Waals surface area contributed by atoms with Gasteiger partial charge in [0.05, 0.1) is 10.6 Å². The molecule has 110 valence electrons. The highest BCUT2D eigenvalue weighted by atomic mass is 32.1. The van der Waals surface area contributed by atoms with Gasteiger partial charge < -0.3 is 5.73 Å². The molecular weight excluding hydrogens is 278 g/mol. The summed E-state index contributed by atoms with van der Waals surface area (Å²) in [4.78, 5) is 13.7. The molecule has 3 heteroatoms. The fraction of sp³-hybridized carbons (Fsp3) is 0.389. The van der Waals surface area contributed by atoms with Crippen LogP contribution in [0, 0.1) is 5.92 Å². The van der Waals surface area contributed by atoms with E-state index in [1.165, 1.54) is 16.0 Å². The van der Waals surface area contributed by atoms with E-state index in [1.807, 2.05) is 13.8 Å². The van der Waals surface area contributed by atoms with Crippen molar-refractivity contribution in [2.45, 2.75) is 39.0 Å². The second-order valence-corrected chi connectivity index (χ2v) is 7.25. The summed E-state index contributed by atoms with van der Waals surface area (Å²) in [7, 11) is 0. The van der Waals surface area contributed by atoms with Gasteiger partial charge in [-0.05, 0) is 36.3 Å². The molecule has 1 aromatic carbocycles.